The van der Waals surface area contributed by atoms with Crippen molar-refractivity contribution < 1.29 is 0 Å². The van der Waals surface area contributed by atoms with E-state index >= 15 is 0 Å². The zero-order chi connectivity index (χ0) is 14.5. The monoisotopic (exact) mass is 383 g/mol. The summed E-state index contributed by atoms with van der Waals surface area (Å²) in [6.45, 7) is 9.37. The van der Waals surface area contributed by atoms with Crippen LogP contribution in [0.4, 0.5) is 0 Å². The van der Waals surface area contributed by atoms with Gasteiger partial charge in [0.25, 0.3) is 0 Å². The molecule has 0 amide bonds. The summed E-state index contributed by atoms with van der Waals surface area (Å²) in [5.41, 5.74) is 3.83. The lowest BCUT2D eigenvalue weighted by Gasteiger charge is -2.08. The van der Waals surface area contributed by atoms with Gasteiger partial charge in [-0.1, -0.05) is 26.0 Å². The van der Waals surface area contributed by atoms with E-state index in [9.17, 15) is 0 Å². The van der Waals surface area contributed by atoms with Crippen LogP contribution in [0, 0.1) is 16.4 Å². The van der Waals surface area contributed by atoms with Crippen LogP contribution in [0.15, 0.2) is 30.5 Å². The van der Waals surface area contributed by atoms with Crippen LogP contribution >= 0.6 is 22.6 Å². The molecule has 3 nitrogen and oxygen atoms in total. The molecule has 2 aromatic rings. The Hall–Kier alpha value is -0.880. The highest BCUT2D eigenvalue weighted by Gasteiger charge is 2.07. The molecule has 108 valence electrons. The summed E-state index contributed by atoms with van der Waals surface area (Å²) in [6.07, 6.45) is 1.98. The minimum absolute atomic E-state index is 0.678. The predicted molar refractivity (Wildman–Crippen MR) is 91.8 cm³/mol. The van der Waals surface area contributed by atoms with Gasteiger partial charge >= 0.3 is 0 Å². The van der Waals surface area contributed by atoms with E-state index in [0.717, 1.165) is 19.6 Å². The van der Waals surface area contributed by atoms with E-state index in [4.69, 9.17) is 0 Å². The highest BCUT2D eigenvalue weighted by Crippen LogP contribution is 2.12. The molecule has 1 heterocycles. The first-order valence-corrected chi connectivity index (χ1v) is 8.10. The molecule has 0 saturated heterocycles. The average Bonchev–Trinajstić information content (AvgIpc) is 2.74. The second-order valence-corrected chi connectivity index (χ2v) is 6.81. The second-order valence-electron chi connectivity index (χ2n) is 5.56. The summed E-state index contributed by atoms with van der Waals surface area (Å²) >= 11 is 2.33. The number of benzene rings is 1. The molecular formula is C16H22IN3. The molecule has 0 fully saturated rings. The van der Waals surface area contributed by atoms with Crippen LogP contribution in [0.5, 0.6) is 0 Å². The number of nitrogens with one attached hydrogen (secondary N) is 1. The van der Waals surface area contributed by atoms with Crippen LogP contribution < -0.4 is 5.32 Å². The van der Waals surface area contributed by atoms with Crippen molar-refractivity contribution >= 4 is 22.6 Å². The molecule has 2 rings (SSSR count). The minimum Gasteiger partial charge on any atom is -0.312 e. The third-order valence-electron chi connectivity index (χ3n) is 3.32. The fourth-order valence-corrected chi connectivity index (χ4v) is 2.44. The Kier molecular flexibility index (Phi) is 5.60. The van der Waals surface area contributed by atoms with Crippen molar-refractivity contribution in [2.75, 3.05) is 6.54 Å². The number of hydrogen-bond acceptors (Lipinski definition) is 2. The summed E-state index contributed by atoms with van der Waals surface area (Å²) in [5, 5.41) is 7.98. The molecule has 0 atom stereocenters. The summed E-state index contributed by atoms with van der Waals surface area (Å²) < 4.78 is 3.34. The van der Waals surface area contributed by atoms with Gasteiger partial charge < -0.3 is 5.32 Å². The highest BCUT2D eigenvalue weighted by atomic mass is 127. The third-order valence-corrected chi connectivity index (χ3v) is 4.04. The number of halogens is 1. The smallest absolute Gasteiger partial charge is 0.0662 e. The second kappa shape index (κ2) is 7.22. The van der Waals surface area contributed by atoms with Gasteiger partial charge in [-0.3, -0.25) is 4.68 Å². The van der Waals surface area contributed by atoms with Gasteiger partial charge in [0.1, 0.15) is 0 Å². The van der Waals surface area contributed by atoms with Crippen LogP contribution in [0.2, 0.25) is 0 Å². The fourth-order valence-electron chi connectivity index (χ4n) is 2.08. The molecule has 0 aliphatic heterocycles. The van der Waals surface area contributed by atoms with Crippen molar-refractivity contribution in [3.63, 3.8) is 0 Å². The first-order chi connectivity index (χ1) is 9.56. The first-order valence-electron chi connectivity index (χ1n) is 7.02. The molecule has 0 aliphatic carbocycles. The maximum absolute atomic E-state index is 4.51. The molecule has 20 heavy (non-hydrogen) atoms. The fraction of sp³-hybridized carbons (Fsp3) is 0.438. The molecule has 0 unspecified atom stereocenters. The minimum atomic E-state index is 0.678. The lowest BCUT2D eigenvalue weighted by Crippen LogP contribution is -2.19. The third kappa shape index (κ3) is 4.31. The quantitative estimate of drug-likeness (QED) is 0.773. The molecule has 0 radical (unpaired) electrons. The highest BCUT2D eigenvalue weighted by molar-refractivity contribution is 14.1. The molecule has 0 bridgehead atoms. The van der Waals surface area contributed by atoms with E-state index in [0.29, 0.717) is 5.92 Å². The van der Waals surface area contributed by atoms with Crippen molar-refractivity contribution in [2.24, 2.45) is 5.92 Å². The lowest BCUT2D eigenvalue weighted by atomic mass is 10.2. The van der Waals surface area contributed by atoms with Crippen LogP contribution in [-0.2, 0) is 13.1 Å². The molecular weight excluding hydrogens is 361 g/mol. The lowest BCUT2D eigenvalue weighted by molar-refractivity contribution is 0.551. The van der Waals surface area contributed by atoms with Crippen LogP contribution in [0.1, 0.15) is 30.7 Å². The van der Waals surface area contributed by atoms with E-state index in [1.165, 1.54) is 20.4 Å². The van der Waals surface area contributed by atoms with Crippen molar-refractivity contribution in [3.05, 3.63) is 50.9 Å². The summed E-state index contributed by atoms with van der Waals surface area (Å²) in [5.74, 6) is 0.678. The van der Waals surface area contributed by atoms with Crippen LogP contribution in [-0.4, -0.2) is 16.3 Å². The number of hydrogen-bond donors (Lipinski definition) is 1. The normalized spacial score (nSPS) is 11.2. The van der Waals surface area contributed by atoms with Crippen LogP contribution in [0.25, 0.3) is 0 Å². The van der Waals surface area contributed by atoms with Crippen LogP contribution in [0.3, 0.4) is 0 Å². The van der Waals surface area contributed by atoms with Gasteiger partial charge in [-0.05, 0) is 59.7 Å². The largest absolute Gasteiger partial charge is 0.312 e. The maximum atomic E-state index is 4.51. The zero-order valence-electron chi connectivity index (χ0n) is 12.4. The Morgan fingerprint density at radius 2 is 1.95 bits per heavy atom. The maximum Gasteiger partial charge on any atom is 0.0662 e. The van der Waals surface area contributed by atoms with E-state index in [-0.39, 0.29) is 0 Å². The summed E-state index contributed by atoms with van der Waals surface area (Å²) in [4.78, 5) is 0. The molecule has 1 N–H and O–H groups in total. The van der Waals surface area contributed by atoms with Crippen molar-refractivity contribution in [2.45, 2.75) is 33.9 Å². The molecule has 1 aromatic heterocycles. The molecule has 4 heteroatoms. The van der Waals surface area contributed by atoms with Crippen molar-refractivity contribution in [3.8, 4) is 0 Å². The summed E-state index contributed by atoms with van der Waals surface area (Å²) in [6, 6.07) is 8.61. The number of aromatic nitrogens is 2. The first kappa shape index (κ1) is 15.5. The Bertz CT molecular complexity index is 543. The van der Waals surface area contributed by atoms with E-state index < -0.39 is 0 Å². The van der Waals surface area contributed by atoms with Gasteiger partial charge in [0, 0.05) is 21.4 Å². The Balaban J connectivity index is 1.99. The number of rotatable bonds is 6. The average molecular weight is 383 g/mol. The van der Waals surface area contributed by atoms with E-state index in [2.05, 4.69) is 82.7 Å². The van der Waals surface area contributed by atoms with Crippen molar-refractivity contribution in [1.82, 2.24) is 15.1 Å². The van der Waals surface area contributed by atoms with Crippen molar-refractivity contribution in [1.29, 1.82) is 0 Å². The van der Waals surface area contributed by atoms with Gasteiger partial charge in [-0.25, -0.2) is 0 Å². The standard InChI is InChI=1S/C16H22IN3/c1-12(2)8-18-9-15-10-19-20(13(15)3)11-14-4-6-16(17)7-5-14/h4-7,10,12,18H,8-9,11H2,1-3H3. The van der Waals surface area contributed by atoms with Gasteiger partial charge in [-0.15, -0.1) is 0 Å². The zero-order valence-corrected chi connectivity index (χ0v) is 14.5. The molecule has 0 spiro atoms. The molecule has 1 aromatic carbocycles. The number of nitrogens with zero attached hydrogens (tertiary/aromatic N) is 2. The van der Waals surface area contributed by atoms with E-state index in [1.54, 1.807) is 0 Å². The molecule has 0 aliphatic rings. The molecule has 0 saturated carbocycles. The van der Waals surface area contributed by atoms with Gasteiger partial charge in [-0.2, -0.15) is 5.10 Å². The topological polar surface area (TPSA) is 29.9 Å². The predicted octanol–water partition coefficient (Wildman–Crippen LogP) is 3.59. The Labute approximate surface area is 134 Å². The van der Waals surface area contributed by atoms with Gasteiger partial charge in [0.2, 0.25) is 0 Å². The Morgan fingerprint density at radius 3 is 2.60 bits per heavy atom. The Morgan fingerprint density at radius 1 is 1.25 bits per heavy atom. The van der Waals surface area contributed by atoms with Gasteiger partial charge in [0.15, 0.2) is 0 Å². The summed E-state index contributed by atoms with van der Waals surface area (Å²) in [7, 11) is 0. The van der Waals surface area contributed by atoms with E-state index in [1.807, 2.05) is 6.20 Å². The van der Waals surface area contributed by atoms with Gasteiger partial charge in [0.05, 0.1) is 12.7 Å². The SMILES string of the molecule is Cc1c(CNCC(C)C)cnn1Cc1ccc(I)cc1.